The lowest BCUT2D eigenvalue weighted by Crippen LogP contribution is -2.48. The van der Waals surface area contributed by atoms with Crippen molar-refractivity contribution in [1.82, 2.24) is 25.2 Å². The number of thiazole rings is 1. The fourth-order valence-corrected chi connectivity index (χ4v) is 5.83. The lowest BCUT2D eigenvalue weighted by Gasteiger charge is -2.40. The summed E-state index contributed by atoms with van der Waals surface area (Å²) in [4.78, 5) is 24.9. The average molecular weight is 583 g/mol. The fraction of sp³-hybridized carbons (Fsp3) is 0.448. The highest BCUT2D eigenvalue weighted by Crippen LogP contribution is 2.34. The number of aromatic nitrogens is 1. The number of carboxylic acids is 1. The van der Waals surface area contributed by atoms with Crippen molar-refractivity contribution in [3.8, 4) is 17.3 Å². The molecule has 2 heterocycles. The molecule has 2 aromatic rings. The van der Waals surface area contributed by atoms with Crippen LogP contribution in [0.2, 0.25) is 0 Å². The predicted octanol–water partition coefficient (Wildman–Crippen LogP) is 4.56. The Bertz CT molecular complexity index is 1310. The van der Waals surface area contributed by atoms with Crippen LogP contribution in [0.15, 0.2) is 53.6 Å². The van der Waals surface area contributed by atoms with Crippen LogP contribution in [0.25, 0.3) is 11.3 Å². The number of halogens is 1. The molecule has 1 aliphatic heterocycles. The molecule has 0 bridgehead atoms. The van der Waals surface area contributed by atoms with Crippen LogP contribution in [-0.4, -0.2) is 84.1 Å². The number of rotatable bonds is 12. The molecule has 0 unspecified atom stereocenters. The molecule has 0 saturated carbocycles. The summed E-state index contributed by atoms with van der Waals surface area (Å²) in [5.74, 6) is 0.690. The van der Waals surface area contributed by atoms with Crippen LogP contribution in [0, 0.1) is 23.1 Å². The van der Waals surface area contributed by atoms with E-state index < -0.39 is 5.97 Å². The Labute approximate surface area is 245 Å². The maximum absolute atomic E-state index is 13.5. The summed E-state index contributed by atoms with van der Waals surface area (Å²) in [5, 5.41) is 27.2. The number of carboxylic acid groups (broad SMARTS) is 1. The van der Waals surface area contributed by atoms with Gasteiger partial charge < -0.3 is 15.3 Å². The van der Waals surface area contributed by atoms with E-state index in [1.54, 1.807) is 18.3 Å². The quantitative estimate of drug-likeness (QED) is 0.211. The SMILES string of the molecule is C=CN=C(C1CCN(CC(=O)O)CC1)N(C)N(C)/C(CC)=C(\NCC)N(C)c1nc(-c2ccc(F)cc2)c(C#N)s1. The average Bonchev–Trinajstić information content (AvgIpc) is 3.40. The van der Waals surface area contributed by atoms with Gasteiger partial charge in [-0.15, -0.1) is 0 Å². The summed E-state index contributed by atoms with van der Waals surface area (Å²) in [6.07, 6.45) is 3.83. The Morgan fingerprint density at radius 1 is 1.27 bits per heavy atom. The Morgan fingerprint density at radius 2 is 1.93 bits per heavy atom. The van der Waals surface area contributed by atoms with Crippen LogP contribution >= 0.6 is 11.3 Å². The van der Waals surface area contributed by atoms with Gasteiger partial charge in [0.2, 0.25) is 0 Å². The summed E-state index contributed by atoms with van der Waals surface area (Å²) in [6, 6.07) is 8.22. The molecular formula is C29H39FN8O2S. The van der Waals surface area contributed by atoms with Gasteiger partial charge in [0.1, 0.15) is 34.1 Å². The summed E-state index contributed by atoms with van der Waals surface area (Å²) in [5.41, 5.74) is 2.18. The molecule has 0 aliphatic carbocycles. The second kappa shape index (κ2) is 14.6. The zero-order chi connectivity index (χ0) is 30.1. The van der Waals surface area contributed by atoms with Gasteiger partial charge >= 0.3 is 5.97 Å². The first-order valence-corrected chi connectivity index (χ1v) is 14.4. The van der Waals surface area contributed by atoms with E-state index >= 15 is 0 Å². The molecule has 1 fully saturated rings. The molecule has 41 heavy (non-hydrogen) atoms. The lowest BCUT2D eigenvalue weighted by molar-refractivity contribution is -0.138. The molecule has 0 amide bonds. The molecule has 0 spiro atoms. The fourth-order valence-electron chi connectivity index (χ4n) is 4.98. The van der Waals surface area contributed by atoms with E-state index in [0.717, 1.165) is 30.2 Å². The molecule has 1 aliphatic rings. The number of aliphatic imine (C=N–C) groups is 1. The number of hydrogen-bond donors (Lipinski definition) is 2. The van der Waals surface area contributed by atoms with E-state index in [-0.39, 0.29) is 18.3 Å². The van der Waals surface area contributed by atoms with Gasteiger partial charge in [-0.3, -0.25) is 19.7 Å². The van der Waals surface area contributed by atoms with Gasteiger partial charge in [0, 0.05) is 45.4 Å². The number of nitrogens with zero attached hydrogens (tertiary/aromatic N) is 7. The number of hydrazine groups is 1. The summed E-state index contributed by atoms with van der Waals surface area (Å²) >= 11 is 1.28. The second-order valence-electron chi connectivity index (χ2n) is 9.69. The third-order valence-electron chi connectivity index (χ3n) is 7.12. The molecule has 1 aromatic heterocycles. The van der Waals surface area contributed by atoms with Crippen molar-refractivity contribution < 1.29 is 14.3 Å². The normalized spacial score (nSPS) is 15.1. The number of allylic oxidation sites excluding steroid dienone is 1. The number of likely N-dealkylation sites (tertiary alicyclic amines) is 1. The topological polar surface area (TPSA) is 111 Å². The first-order valence-electron chi connectivity index (χ1n) is 13.6. The second-order valence-corrected chi connectivity index (χ2v) is 10.7. The number of aliphatic carboxylic acids is 1. The lowest BCUT2D eigenvalue weighted by atomic mass is 9.95. The number of piperidine rings is 1. The van der Waals surface area contributed by atoms with Crippen molar-refractivity contribution >= 4 is 28.3 Å². The van der Waals surface area contributed by atoms with Crippen LogP contribution < -0.4 is 10.2 Å². The number of nitrogens with one attached hydrogen (secondary N) is 1. The highest BCUT2D eigenvalue weighted by molar-refractivity contribution is 7.16. The van der Waals surface area contributed by atoms with Gasteiger partial charge in [0.25, 0.3) is 0 Å². The smallest absolute Gasteiger partial charge is 0.317 e. The predicted molar refractivity (Wildman–Crippen MR) is 162 cm³/mol. The molecule has 1 saturated heterocycles. The molecule has 0 atom stereocenters. The number of nitriles is 1. The van der Waals surface area contributed by atoms with E-state index in [1.807, 2.05) is 42.9 Å². The molecule has 2 N–H and O–H groups in total. The van der Waals surface area contributed by atoms with E-state index in [9.17, 15) is 14.4 Å². The molecule has 3 rings (SSSR count). The molecular weight excluding hydrogens is 543 g/mol. The van der Waals surface area contributed by atoms with Gasteiger partial charge in [0.05, 0.1) is 12.2 Å². The number of anilines is 1. The maximum Gasteiger partial charge on any atom is 0.317 e. The minimum atomic E-state index is -0.815. The largest absolute Gasteiger partial charge is 0.480 e. The number of carbonyl (C=O) groups is 1. The van der Waals surface area contributed by atoms with Crippen molar-refractivity contribution in [2.45, 2.75) is 33.1 Å². The van der Waals surface area contributed by atoms with Crippen LogP contribution in [0.3, 0.4) is 0 Å². The summed E-state index contributed by atoms with van der Waals surface area (Å²) < 4.78 is 13.5. The molecule has 1 aromatic carbocycles. The van der Waals surface area contributed by atoms with E-state index in [4.69, 9.17) is 10.1 Å². The molecule has 10 nitrogen and oxygen atoms in total. The van der Waals surface area contributed by atoms with E-state index in [0.29, 0.717) is 47.3 Å². The van der Waals surface area contributed by atoms with Crippen molar-refractivity contribution in [2.24, 2.45) is 10.9 Å². The Hall–Kier alpha value is -3.95. The van der Waals surface area contributed by atoms with Gasteiger partial charge in [-0.1, -0.05) is 24.8 Å². The van der Waals surface area contributed by atoms with Crippen LogP contribution in [0.4, 0.5) is 9.52 Å². The molecule has 220 valence electrons. The van der Waals surface area contributed by atoms with Gasteiger partial charge in [-0.05, 0) is 63.5 Å². The van der Waals surface area contributed by atoms with Crippen molar-refractivity contribution in [1.29, 1.82) is 5.26 Å². The Kier molecular flexibility index (Phi) is 11.3. The van der Waals surface area contributed by atoms with Gasteiger partial charge in [0.15, 0.2) is 5.13 Å². The van der Waals surface area contributed by atoms with Crippen LogP contribution in [0.1, 0.15) is 38.0 Å². The Balaban J connectivity index is 1.93. The molecule has 0 radical (unpaired) electrons. The van der Waals surface area contributed by atoms with E-state index in [2.05, 4.69) is 34.9 Å². The summed E-state index contributed by atoms with van der Waals surface area (Å²) in [7, 11) is 5.86. The van der Waals surface area contributed by atoms with Crippen molar-refractivity contribution in [2.75, 3.05) is 52.2 Å². The van der Waals surface area contributed by atoms with E-state index in [1.165, 1.54) is 23.5 Å². The first kappa shape index (κ1) is 31.6. The third kappa shape index (κ3) is 7.62. The number of amidine groups is 1. The maximum atomic E-state index is 13.5. The third-order valence-corrected chi connectivity index (χ3v) is 8.15. The number of benzene rings is 1. The standard InChI is InChI=1S/C29H39FN8O2S/c1-7-23(36(5)37(6)27(32-8-2)21-14-16-38(17-15-21)19-25(39)40)28(33-9-3)35(4)29-34-26(24(18-31)41-29)20-10-12-22(30)13-11-20/h8,10-13,21,33H,2,7,9,14-17,19H2,1,3-6H3,(H,39,40)/b28-23+,32-27?. The number of hydrogen-bond acceptors (Lipinski definition) is 9. The van der Waals surface area contributed by atoms with Gasteiger partial charge in [-0.25, -0.2) is 14.4 Å². The summed E-state index contributed by atoms with van der Waals surface area (Å²) in [6.45, 7) is 10.0. The van der Waals surface area contributed by atoms with Crippen molar-refractivity contribution in [3.63, 3.8) is 0 Å². The highest BCUT2D eigenvalue weighted by Gasteiger charge is 2.29. The highest BCUT2D eigenvalue weighted by atomic mass is 32.1. The van der Waals surface area contributed by atoms with Crippen LogP contribution in [0.5, 0.6) is 0 Å². The van der Waals surface area contributed by atoms with Gasteiger partial charge in [-0.2, -0.15) is 5.26 Å². The minimum absolute atomic E-state index is 0.0463. The molecule has 12 heteroatoms. The first-order chi connectivity index (χ1) is 19.6. The Morgan fingerprint density at radius 3 is 2.46 bits per heavy atom. The van der Waals surface area contributed by atoms with Crippen LogP contribution in [-0.2, 0) is 4.79 Å². The van der Waals surface area contributed by atoms with Crippen molar-refractivity contribution in [3.05, 3.63) is 59.3 Å². The zero-order valence-electron chi connectivity index (χ0n) is 24.4. The zero-order valence-corrected chi connectivity index (χ0v) is 25.2. The minimum Gasteiger partial charge on any atom is -0.480 e. The monoisotopic (exact) mass is 582 g/mol.